The molecule has 4 heteroatoms. The molecule has 104 valence electrons. The first-order valence-electron chi connectivity index (χ1n) is 6.90. The number of carboxylic acids is 1. The van der Waals surface area contributed by atoms with E-state index in [2.05, 4.69) is 5.32 Å². The van der Waals surface area contributed by atoms with Crippen molar-refractivity contribution in [3.63, 3.8) is 0 Å². The molecule has 0 bridgehead atoms. The number of carbonyl (C=O) groups is 1. The molecule has 3 nitrogen and oxygen atoms in total. The van der Waals surface area contributed by atoms with Crippen LogP contribution in [0.5, 0.6) is 0 Å². The van der Waals surface area contributed by atoms with E-state index in [4.69, 9.17) is 0 Å². The fourth-order valence-electron chi connectivity index (χ4n) is 2.74. The Labute approximate surface area is 112 Å². The van der Waals surface area contributed by atoms with Gasteiger partial charge in [0.25, 0.3) is 0 Å². The summed E-state index contributed by atoms with van der Waals surface area (Å²) in [6.45, 7) is 0. The Morgan fingerprint density at radius 3 is 2.37 bits per heavy atom. The van der Waals surface area contributed by atoms with Gasteiger partial charge >= 0.3 is 5.97 Å². The van der Waals surface area contributed by atoms with Gasteiger partial charge in [0.1, 0.15) is 11.4 Å². The molecule has 1 aromatic rings. The third kappa shape index (κ3) is 3.46. The van der Waals surface area contributed by atoms with Crippen LogP contribution in [0.3, 0.4) is 0 Å². The fraction of sp³-hybridized carbons (Fsp3) is 0.533. The van der Waals surface area contributed by atoms with Crippen molar-refractivity contribution in [3.8, 4) is 0 Å². The summed E-state index contributed by atoms with van der Waals surface area (Å²) in [7, 11) is 0. The number of rotatable bonds is 3. The van der Waals surface area contributed by atoms with Crippen LogP contribution in [0.1, 0.15) is 44.9 Å². The van der Waals surface area contributed by atoms with Gasteiger partial charge in [0, 0.05) is 5.69 Å². The monoisotopic (exact) mass is 265 g/mol. The molecule has 0 radical (unpaired) electrons. The Hall–Kier alpha value is -1.58. The first-order chi connectivity index (χ1) is 9.12. The number of hydrogen-bond acceptors (Lipinski definition) is 2. The van der Waals surface area contributed by atoms with E-state index in [0.29, 0.717) is 18.5 Å². The number of carboxylic acid groups (broad SMARTS) is 1. The van der Waals surface area contributed by atoms with Crippen LogP contribution in [0.15, 0.2) is 24.3 Å². The molecule has 2 rings (SSSR count). The van der Waals surface area contributed by atoms with Crippen molar-refractivity contribution in [1.29, 1.82) is 0 Å². The molecule has 1 fully saturated rings. The Bertz CT molecular complexity index is 440. The van der Waals surface area contributed by atoms with Crippen LogP contribution in [0, 0.1) is 5.82 Å². The van der Waals surface area contributed by atoms with E-state index in [1.54, 1.807) is 12.1 Å². The molecule has 0 aliphatic heterocycles. The van der Waals surface area contributed by atoms with Crippen LogP contribution in [0.25, 0.3) is 0 Å². The molecule has 0 aromatic heterocycles. The van der Waals surface area contributed by atoms with E-state index in [-0.39, 0.29) is 5.82 Å². The van der Waals surface area contributed by atoms with Crippen LogP contribution < -0.4 is 5.32 Å². The zero-order chi connectivity index (χ0) is 13.7. The molecule has 0 amide bonds. The molecule has 0 atom stereocenters. The number of anilines is 1. The Morgan fingerprint density at radius 1 is 1.16 bits per heavy atom. The molecule has 2 N–H and O–H groups in total. The van der Waals surface area contributed by atoms with Crippen molar-refractivity contribution in [3.05, 3.63) is 30.1 Å². The van der Waals surface area contributed by atoms with E-state index in [1.165, 1.54) is 18.6 Å². The average molecular weight is 265 g/mol. The van der Waals surface area contributed by atoms with Crippen LogP contribution in [-0.2, 0) is 4.79 Å². The summed E-state index contributed by atoms with van der Waals surface area (Å²) >= 11 is 0. The maximum Gasteiger partial charge on any atom is 0.329 e. The molecule has 1 aliphatic rings. The van der Waals surface area contributed by atoms with Crippen LogP contribution in [0.4, 0.5) is 10.1 Å². The topological polar surface area (TPSA) is 49.3 Å². The highest BCUT2D eigenvalue weighted by Crippen LogP contribution is 2.30. The third-order valence-corrected chi connectivity index (χ3v) is 3.82. The fourth-order valence-corrected chi connectivity index (χ4v) is 2.74. The standard InChI is InChI=1S/C15H20FNO2/c16-12-7-6-8-13(11-12)17-15(14(18)19)9-4-2-1-3-5-10-15/h6-8,11,17H,1-5,9-10H2,(H,18,19). The summed E-state index contributed by atoms with van der Waals surface area (Å²) in [5.41, 5.74) is -0.406. The van der Waals surface area contributed by atoms with Gasteiger partial charge in [0.2, 0.25) is 0 Å². The van der Waals surface area contributed by atoms with Gasteiger partial charge in [-0.2, -0.15) is 0 Å². The summed E-state index contributed by atoms with van der Waals surface area (Å²) in [6.07, 6.45) is 6.30. The Morgan fingerprint density at radius 2 is 1.79 bits per heavy atom. The summed E-state index contributed by atoms with van der Waals surface area (Å²) in [5, 5.41) is 12.6. The molecule has 19 heavy (non-hydrogen) atoms. The van der Waals surface area contributed by atoms with E-state index in [1.807, 2.05) is 0 Å². The first kappa shape index (κ1) is 13.8. The van der Waals surface area contributed by atoms with E-state index < -0.39 is 11.5 Å². The Kier molecular flexibility index (Phi) is 4.40. The van der Waals surface area contributed by atoms with E-state index in [0.717, 1.165) is 25.7 Å². The van der Waals surface area contributed by atoms with Crippen molar-refractivity contribution >= 4 is 11.7 Å². The van der Waals surface area contributed by atoms with Crippen LogP contribution in [-0.4, -0.2) is 16.6 Å². The molecular weight excluding hydrogens is 245 g/mol. The maximum absolute atomic E-state index is 13.2. The molecule has 1 aromatic carbocycles. The van der Waals surface area contributed by atoms with Gasteiger partial charge in [0.15, 0.2) is 0 Å². The van der Waals surface area contributed by atoms with Crippen molar-refractivity contribution in [2.24, 2.45) is 0 Å². The van der Waals surface area contributed by atoms with Gasteiger partial charge < -0.3 is 10.4 Å². The zero-order valence-electron chi connectivity index (χ0n) is 11.0. The molecule has 1 saturated carbocycles. The lowest BCUT2D eigenvalue weighted by molar-refractivity contribution is -0.143. The number of nitrogens with one attached hydrogen (secondary N) is 1. The Balaban J connectivity index is 2.20. The van der Waals surface area contributed by atoms with Gasteiger partial charge in [-0.05, 0) is 31.0 Å². The molecular formula is C15H20FNO2. The SMILES string of the molecule is O=C(O)C1(Nc2cccc(F)c2)CCCCCCC1. The van der Waals surface area contributed by atoms with Gasteiger partial charge in [-0.25, -0.2) is 9.18 Å². The number of halogens is 1. The summed E-state index contributed by atoms with van der Waals surface area (Å²) < 4.78 is 13.2. The minimum absolute atomic E-state index is 0.351. The molecule has 0 unspecified atom stereocenters. The summed E-state index contributed by atoms with van der Waals surface area (Å²) in [6, 6.07) is 6.02. The average Bonchev–Trinajstić information content (AvgIpc) is 2.32. The second-order valence-electron chi connectivity index (χ2n) is 5.29. The number of benzene rings is 1. The van der Waals surface area contributed by atoms with E-state index >= 15 is 0 Å². The maximum atomic E-state index is 13.2. The summed E-state index contributed by atoms with van der Waals surface area (Å²) in [5.74, 6) is -1.19. The largest absolute Gasteiger partial charge is 0.480 e. The van der Waals surface area contributed by atoms with Crippen molar-refractivity contribution in [1.82, 2.24) is 0 Å². The van der Waals surface area contributed by atoms with Crippen LogP contribution in [0.2, 0.25) is 0 Å². The predicted molar refractivity (Wildman–Crippen MR) is 72.7 cm³/mol. The van der Waals surface area contributed by atoms with E-state index in [9.17, 15) is 14.3 Å². The van der Waals surface area contributed by atoms with Crippen LogP contribution >= 0.6 is 0 Å². The molecule has 0 spiro atoms. The lowest BCUT2D eigenvalue weighted by Crippen LogP contribution is -2.46. The molecule has 1 aliphatic carbocycles. The van der Waals surface area contributed by atoms with Crippen molar-refractivity contribution in [2.75, 3.05) is 5.32 Å². The first-order valence-corrected chi connectivity index (χ1v) is 6.90. The number of aliphatic carboxylic acids is 1. The predicted octanol–water partition coefficient (Wildman–Crippen LogP) is 3.81. The van der Waals surface area contributed by atoms with Gasteiger partial charge in [-0.1, -0.05) is 38.2 Å². The number of hydrogen-bond donors (Lipinski definition) is 2. The smallest absolute Gasteiger partial charge is 0.329 e. The second kappa shape index (κ2) is 6.04. The highest BCUT2D eigenvalue weighted by Gasteiger charge is 2.38. The third-order valence-electron chi connectivity index (χ3n) is 3.82. The normalized spacial score (nSPS) is 19.2. The minimum Gasteiger partial charge on any atom is -0.480 e. The highest BCUT2D eigenvalue weighted by molar-refractivity contribution is 5.82. The molecule has 0 heterocycles. The van der Waals surface area contributed by atoms with Gasteiger partial charge in [-0.3, -0.25) is 0 Å². The highest BCUT2D eigenvalue weighted by atomic mass is 19.1. The minimum atomic E-state index is -0.950. The quantitative estimate of drug-likeness (QED) is 0.873. The van der Waals surface area contributed by atoms with Crippen molar-refractivity contribution < 1.29 is 14.3 Å². The lowest BCUT2D eigenvalue weighted by atomic mass is 9.83. The molecule has 0 saturated heterocycles. The van der Waals surface area contributed by atoms with Gasteiger partial charge in [-0.15, -0.1) is 0 Å². The second-order valence-corrected chi connectivity index (χ2v) is 5.29. The van der Waals surface area contributed by atoms with Gasteiger partial charge in [0.05, 0.1) is 0 Å². The van der Waals surface area contributed by atoms with Crippen molar-refractivity contribution in [2.45, 2.75) is 50.5 Å². The summed E-state index contributed by atoms with van der Waals surface area (Å²) in [4.78, 5) is 11.7. The zero-order valence-corrected chi connectivity index (χ0v) is 11.0. The lowest BCUT2D eigenvalue weighted by Gasteiger charge is -2.33.